The summed E-state index contributed by atoms with van der Waals surface area (Å²) in [6, 6.07) is 19.6. The number of piperazine rings is 1. The van der Waals surface area contributed by atoms with Crippen molar-refractivity contribution in [1.29, 1.82) is 5.26 Å². The van der Waals surface area contributed by atoms with Gasteiger partial charge >= 0.3 is 5.97 Å². The van der Waals surface area contributed by atoms with Crippen molar-refractivity contribution < 1.29 is 14.6 Å². The summed E-state index contributed by atoms with van der Waals surface area (Å²) < 4.78 is 7.86. The molecule has 0 spiro atoms. The minimum atomic E-state index is -0.932. The van der Waals surface area contributed by atoms with Crippen molar-refractivity contribution in [3.05, 3.63) is 82.7 Å². The first kappa shape index (κ1) is 26.4. The van der Waals surface area contributed by atoms with Gasteiger partial charge in [0.05, 0.1) is 47.4 Å². The molecule has 2 saturated heterocycles. The summed E-state index contributed by atoms with van der Waals surface area (Å²) in [6.07, 6.45) is 2.10. The van der Waals surface area contributed by atoms with Crippen molar-refractivity contribution in [3.8, 4) is 6.07 Å². The molecule has 10 heteroatoms. The smallest absolute Gasteiger partial charge is 0.335 e. The van der Waals surface area contributed by atoms with Crippen molar-refractivity contribution in [2.24, 2.45) is 0 Å². The number of aromatic nitrogens is 3. The van der Waals surface area contributed by atoms with E-state index in [4.69, 9.17) is 14.7 Å². The molecule has 0 amide bonds. The van der Waals surface area contributed by atoms with Crippen LogP contribution in [0.1, 0.15) is 39.3 Å². The lowest BCUT2D eigenvalue weighted by molar-refractivity contribution is -0.0592. The lowest BCUT2D eigenvalue weighted by Crippen LogP contribution is -2.46. The summed E-state index contributed by atoms with van der Waals surface area (Å²) in [5, 5.41) is 18.8. The summed E-state index contributed by atoms with van der Waals surface area (Å²) >= 11 is 0. The number of carboxylic acids is 1. The Kier molecular flexibility index (Phi) is 6.98. The topological polar surface area (TPSA) is 111 Å². The standard InChI is InChI=1S/C32H33N7O3/c33-18-22-4-5-23-8-10-38(19-25(23)16-22)30-3-1-2-29(35-30)37-13-11-36(12-14-37)21-31-34-27-7-6-24(32(40)41)17-28(27)39(31)20-26-9-15-42-26/h1-7,16-17,26H,8-15,19-21H2,(H,40,41)/t26-/m0/s1. The van der Waals surface area contributed by atoms with Gasteiger partial charge in [-0.1, -0.05) is 12.1 Å². The molecule has 0 bridgehead atoms. The Hall–Kier alpha value is -4.46. The Labute approximate surface area is 244 Å². The molecule has 0 saturated carbocycles. The SMILES string of the molecule is N#Cc1ccc2c(c1)CN(c1cccc(N3CCN(Cc4nc5ccc(C(=O)O)cc5n4C[C@@H]4CCO4)CC3)n1)CC2. The van der Waals surface area contributed by atoms with Gasteiger partial charge in [0.25, 0.3) is 0 Å². The van der Waals surface area contributed by atoms with Gasteiger partial charge in [-0.05, 0) is 66.4 Å². The zero-order valence-corrected chi connectivity index (χ0v) is 23.4. The molecule has 4 aromatic rings. The van der Waals surface area contributed by atoms with Crippen LogP contribution in [0.4, 0.5) is 11.6 Å². The van der Waals surface area contributed by atoms with E-state index in [-0.39, 0.29) is 11.7 Å². The van der Waals surface area contributed by atoms with Gasteiger partial charge in [0.15, 0.2) is 0 Å². The number of pyridine rings is 1. The monoisotopic (exact) mass is 563 g/mol. The Morgan fingerprint density at radius 2 is 1.79 bits per heavy atom. The molecule has 0 radical (unpaired) electrons. The first-order valence-electron chi connectivity index (χ1n) is 14.6. The van der Waals surface area contributed by atoms with Crippen LogP contribution >= 0.6 is 0 Å². The second kappa shape index (κ2) is 11.1. The summed E-state index contributed by atoms with van der Waals surface area (Å²) in [4.78, 5) is 28.6. The molecular formula is C32H33N7O3. The number of anilines is 2. The number of imidazole rings is 1. The molecule has 0 unspecified atom stereocenters. The number of carboxylic acid groups (broad SMARTS) is 1. The summed E-state index contributed by atoms with van der Waals surface area (Å²) in [6.45, 7) is 7.30. The maximum atomic E-state index is 11.6. The van der Waals surface area contributed by atoms with Crippen LogP contribution in [0.2, 0.25) is 0 Å². The van der Waals surface area contributed by atoms with E-state index in [2.05, 4.69) is 49.6 Å². The van der Waals surface area contributed by atoms with E-state index >= 15 is 0 Å². The van der Waals surface area contributed by atoms with Gasteiger partial charge in [-0.25, -0.2) is 14.8 Å². The van der Waals surface area contributed by atoms with Crippen molar-refractivity contribution >= 4 is 28.6 Å². The number of aromatic carboxylic acids is 1. The molecule has 0 aliphatic carbocycles. The maximum Gasteiger partial charge on any atom is 0.335 e. The number of benzene rings is 2. The number of hydrogen-bond donors (Lipinski definition) is 1. The van der Waals surface area contributed by atoms with Gasteiger partial charge in [0.1, 0.15) is 17.5 Å². The minimum Gasteiger partial charge on any atom is -0.478 e. The van der Waals surface area contributed by atoms with Crippen molar-refractivity contribution in [2.75, 3.05) is 49.1 Å². The largest absolute Gasteiger partial charge is 0.478 e. The first-order chi connectivity index (χ1) is 20.5. The van der Waals surface area contributed by atoms with Crippen molar-refractivity contribution in [3.63, 3.8) is 0 Å². The molecular weight excluding hydrogens is 530 g/mol. The fraction of sp³-hybridized carbons (Fsp3) is 0.375. The van der Waals surface area contributed by atoms with Crippen LogP contribution in [0.25, 0.3) is 11.0 Å². The molecule has 7 rings (SSSR count). The Balaban J connectivity index is 1.03. The van der Waals surface area contributed by atoms with Crippen LogP contribution in [0.15, 0.2) is 54.6 Å². The quantitative estimate of drug-likeness (QED) is 0.360. The molecule has 10 nitrogen and oxygen atoms in total. The third-order valence-electron chi connectivity index (χ3n) is 8.71. The second-order valence-corrected chi connectivity index (χ2v) is 11.3. The van der Waals surface area contributed by atoms with Gasteiger partial charge in [-0.3, -0.25) is 4.90 Å². The Bertz CT molecular complexity index is 1680. The van der Waals surface area contributed by atoms with Crippen molar-refractivity contribution in [2.45, 2.75) is 38.6 Å². The number of ether oxygens (including phenoxy) is 1. The number of hydrogen-bond acceptors (Lipinski definition) is 8. The average molecular weight is 564 g/mol. The highest BCUT2D eigenvalue weighted by Crippen LogP contribution is 2.27. The molecule has 5 heterocycles. The van der Waals surface area contributed by atoms with Crippen LogP contribution in [-0.2, 0) is 30.8 Å². The zero-order chi connectivity index (χ0) is 28.6. The molecule has 1 atom stereocenters. The van der Waals surface area contributed by atoms with Gasteiger partial charge in [-0.2, -0.15) is 5.26 Å². The lowest BCUT2D eigenvalue weighted by Gasteiger charge is -2.36. The van der Waals surface area contributed by atoms with E-state index in [0.717, 1.165) is 87.2 Å². The Morgan fingerprint density at radius 3 is 2.52 bits per heavy atom. The molecule has 1 N–H and O–H groups in total. The molecule has 3 aliphatic rings. The highest BCUT2D eigenvalue weighted by Gasteiger charge is 2.25. The predicted molar refractivity (Wildman–Crippen MR) is 159 cm³/mol. The summed E-state index contributed by atoms with van der Waals surface area (Å²) in [7, 11) is 0. The summed E-state index contributed by atoms with van der Waals surface area (Å²) in [5.74, 6) is 1.97. The lowest BCUT2D eigenvalue weighted by atomic mass is 9.97. The van der Waals surface area contributed by atoms with Gasteiger partial charge < -0.3 is 24.2 Å². The van der Waals surface area contributed by atoms with Crippen LogP contribution in [-0.4, -0.2) is 75.9 Å². The third-order valence-corrected chi connectivity index (χ3v) is 8.71. The van der Waals surface area contributed by atoms with Gasteiger partial charge in [0.2, 0.25) is 0 Å². The zero-order valence-electron chi connectivity index (χ0n) is 23.4. The van der Waals surface area contributed by atoms with E-state index in [9.17, 15) is 15.2 Å². The number of rotatable bonds is 7. The fourth-order valence-electron chi connectivity index (χ4n) is 6.18. The van der Waals surface area contributed by atoms with Crippen LogP contribution in [0, 0.1) is 11.3 Å². The number of nitrogens with zero attached hydrogens (tertiary/aromatic N) is 7. The molecule has 2 fully saturated rings. The highest BCUT2D eigenvalue weighted by molar-refractivity contribution is 5.92. The minimum absolute atomic E-state index is 0.145. The van der Waals surface area contributed by atoms with Crippen LogP contribution < -0.4 is 9.80 Å². The van der Waals surface area contributed by atoms with Crippen molar-refractivity contribution in [1.82, 2.24) is 19.4 Å². The third kappa shape index (κ3) is 5.17. The number of nitriles is 1. The maximum absolute atomic E-state index is 11.6. The van der Waals surface area contributed by atoms with E-state index in [1.54, 1.807) is 18.2 Å². The Morgan fingerprint density at radius 1 is 0.976 bits per heavy atom. The van der Waals surface area contributed by atoms with Gasteiger partial charge in [-0.15, -0.1) is 0 Å². The first-order valence-corrected chi connectivity index (χ1v) is 14.6. The average Bonchev–Trinajstić information content (AvgIpc) is 3.34. The van der Waals surface area contributed by atoms with Crippen LogP contribution in [0.5, 0.6) is 0 Å². The summed E-state index contributed by atoms with van der Waals surface area (Å²) in [5.41, 5.74) is 5.16. The molecule has 214 valence electrons. The molecule has 2 aromatic heterocycles. The molecule has 42 heavy (non-hydrogen) atoms. The fourth-order valence-corrected chi connectivity index (χ4v) is 6.18. The van der Waals surface area contributed by atoms with E-state index in [0.29, 0.717) is 18.7 Å². The number of carbonyl (C=O) groups is 1. The highest BCUT2D eigenvalue weighted by atomic mass is 16.5. The van der Waals surface area contributed by atoms with Gasteiger partial charge in [0, 0.05) is 45.9 Å². The van der Waals surface area contributed by atoms with Crippen LogP contribution in [0.3, 0.4) is 0 Å². The second-order valence-electron chi connectivity index (χ2n) is 11.3. The normalized spacial score (nSPS) is 18.9. The predicted octanol–water partition coefficient (Wildman–Crippen LogP) is 3.67. The van der Waals surface area contributed by atoms with E-state index in [1.165, 1.54) is 11.1 Å². The van der Waals surface area contributed by atoms with E-state index in [1.807, 2.05) is 12.1 Å². The number of fused-ring (bicyclic) bond motifs is 2. The molecule has 3 aliphatic heterocycles. The molecule has 2 aromatic carbocycles. The van der Waals surface area contributed by atoms with E-state index < -0.39 is 5.97 Å².